The van der Waals surface area contributed by atoms with Crippen LogP contribution in [0.3, 0.4) is 0 Å². The lowest BCUT2D eigenvalue weighted by molar-refractivity contribution is -0.132. The van der Waals surface area contributed by atoms with Crippen LogP contribution in [0.15, 0.2) is 0 Å². The van der Waals surface area contributed by atoms with Gasteiger partial charge in [-0.2, -0.15) is 5.10 Å². The molecule has 152 valence electrons. The second-order valence-electron chi connectivity index (χ2n) is 8.75. The molecule has 1 aromatic heterocycles. The van der Waals surface area contributed by atoms with Crippen molar-refractivity contribution in [3.8, 4) is 0 Å². The first-order chi connectivity index (χ1) is 12.5. The van der Waals surface area contributed by atoms with Crippen LogP contribution in [0.4, 0.5) is 4.79 Å². The van der Waals surface area contributed by atoms with Gasteiger partial charge >= 0.3 is 6.09 Å². The molecule has 2 amide bonds. The predicted octanol–water partition coefficient (Wildman–Crippen LogP) is 2.78. The summed E-state index contributed by atoms with van der Waals surface area (Å²) < 4.78 is 7.41. The molecule has 27 heavy (non-hydrogen) atoms. The fraction of sp³-hybridized carbons (Fsp3) is 0.750. The topological polar surface area (TPSA) is 67.7 Å². The lowest BCUT2D eigenvalue weighted by Gasteiger charge is -2.35. The Bertz CT molecular complexity index is 680. The summed E-state index contributed by atoms with van der Waals surface area (Å²) in [5.41, 5.74) is 2.51. The lowest BCUT2D eigenvalue weighted by Crippen LogP contribution is -2.52. The van der Waals surface area contributed by atoms with Gasteiger partial charge in [-0.25, -0.2) is 4.79 Å². The predicted molar refractivity (Wildman–Crippen MR) is 105 cm³/mol. The number of piperazine rings is 1. The molecule has 0 atom stereocenters. The SMILES string of the molecule is Cc1nn(CC(C)C)c(C)c1CC(=O)N1CCN(C(=O)OC(C)(C)C)CC1. The standard InChI is InChI=1S/C20H34N4O3/c1-14(2)13-24-16(4)17(15(3)21-24)12-18(25)22-8-10-23(11-9-22)19(26)27-20(5,6)7/h14H,8-13H2,1-7H3. The van der Waals surface area contributed by atoms with E-state index in [4.69, 9.17) is 4.74 Å². The van der Waals surface area contributed by atoms with E-state index in [0.717, 1.165) is 23.5 Å². The monoisotopic (exact) mass is 378 g/mol. The number of hydrogen-bond donors (Lipinski definition) is 0. The Morgan fingerprint density at radius 2 is 1.63 bits per heavy atom. The van der Waals surface area contributed by atoms with Crippen LogP contribution < -0.4 is 0 Å². The Morgan fingerprint density at radius 1 is 1.07 bits per heavy atom. The maximum atomic E-state index is 12.8. The molecule has 0 spiro atoms. The molecular weight excluding hydrogens is 344 g/mol. The zero-order valence-electron chi connectivity index (χ0n) is 17.8. The van der Waals surface area contributed by atoms with E-state index in [0.29, 0.717) is 38.5 Å². The van der Waals surface area contributed by atoms with Crippen molar-refractivity contribution < 1.29 is 14.3 Å². The minimum absolute atomic E-state index is 0.0918. The molecule has 0 radical (unpaired) electrons. The van der Waals surface area contributed by atoms with Crippen molar-refractivity contribution in [3.63, 3.8) is 0 Å². The number of ether oxygens (including phenoxy) is 1. The Balaban J connectivity index is 1.93. The van der Waals surface area contributed by atoms with Gasteiger partial charge in [-0.3, -0.25) is 9.48 Å². The van der Waals surface area contributed by atoms with Crippen LogP contribution in [0.1, 0.15) is 51.6 Å². The van der Waals surface area contributed by atoms with Crippen molar-refractivity contribution in [2.45, 2.75) is 67.0 Å². The van der Waals surface area contributed by atoms with Crippen molar-refractivity contribution in [1.29, 1.82) is 0 Å². The molecule has 0 N–H and O–H groups in total. The van der Waals surface area contributed by atoms with Crippen molar-refractivity contribution in [1.82, 2.24) is 19.6 Å². The smallest absolute Gasteiger partial charge is 0.410 e. The van der Waals surface area contributed by atoms with Gasteiger partial charge in [0.05, 0.1) is 12.1 Å². The van der Waals surface area contributed by atoms with Crippen LogP contribution in [-0.4, -0.2) is 63.4 Å². The van der Waals surface area contributed by atoms with Crippen LogP contribution in [-0.2, 0) is 22.5 Å². The zero-order valence-corrected chi connectivity index (χ0v) is 17.8. The van der Waals surface area contributed by atoms with Crippen molar-refractivity contribution in [3.05, 3.63) is 17.0 Å². The molecule has 0 saturated carbocycles. The minimum Gasteiger partial charge on any atom is -0.444 e. The Hall–Kier alpha value is -2.05. The van der Waals surface area contributed by atoms with Crippen LogP contribution >= 0.6 is 0 Å². The van der Waals surface area contributed by atoms with Crippen LogP contribution in [0.25, 0.3) is 0 Å². The van der Waals surface area contributed by atoms with Gasteiger partial charge in [0, 0.05) is 44.0 Å². The van der Waals surface area contributed by atoms with Crippen molar-refractivity contribution in [2.24, 2.45) is 5.92 Å². The molecule has 0 unspecified atom stereocenters. The average Bonchev–Trinajstić information content (AvgIpc) is 2.80. The summed E-state index contributed by atoms with van der Waals surface area (Å²) in [7, 11) is 0. The molecule has 2 rings (SSSR count). The van der Waals surface area contributed by atoms with Crippen LogP contribution in [0.2, 0.25) is 0 Å². The number of aryl methyl sites for hydroxylation is 1. The Kier molecular flexibility index (Phi) is 6.54. The van der Waals surface area contributed by atoms with E-state index >= 15 is 0 Å². The third-order valence-corrected chi connectivity index (χ3v) is 4.68. The van der Waals surface area contributed by atoms with Gasteiger partial charge < -0.3 is 14.5 Å². The summed E-state index contributed by atoms with van der Waals surface area (Å²) in [4.78, 5) is 28.4. The Morgan fingerprint density at radius 3 is 2.15 bits per heavy atom. The average molecular weight is 379 g/mol. The quantitative estimate of drug-likeness (QED) is 0.808. The third kappa shape index (κ3) is 5.71. The van der Waals surface area contributed by atoms with Gasteiger partial charge in [0.1, 0.15) is 5.60 Å². The highest BCUT2D eigenvalue weighted by atomic mass is 16.6. The summed E-state index contributed by atoms with van der Waals surface area (Å²) in [6.45, 7) is 16.8. The Labute approximate surface area is 162 Å². The molecule has 1 fully saturated rings. The number of aromatic nitrogens is 2. The molecule has 1 aromatic rings. The van der Waals surface area contributed by atoms with E-state index in [1.807, 2.05) is 44.2 Å². The van der Waals surface area contributed by atoms with Gasteiger partial charge in [-0.15, -0.1) is 0 Å². The number of hydrogen-bond acceptors (Lipinski definition) is 4. The summed E-state index contributed by atoms with van der Waals surface area (Å²) in [5.74, 6) is 0.599. The van der Waals surface area contributed by atoms with Gasteiger partial charge in [0.25, 0.3) is 0 Å². The maximum absolute atomic E-state index is 12.8. The third-order valence-electron chi connectivity index (χ3n) is 4.68. The lowest BCUT2D eigenvalue weighted by atomic mass is 10.1. The van der Waals surface area contributed by atoms with Gasteiger partial charge in [0.15, 0.2) is 0 Å². The van der Waals surface area contributed by atoms with Gasteiger partial charge in [-0.1, -0.05) is 13.8 Å². The van der Waals surface area contributed by atoms with Gasteiger partial charge in [0.2, 0.25) is 5.91 Å². The zero-order chi connectivity index (χ0) is 20.4. The van der Waals surface area contributed by atoms with Gasteiger partial charge in [-0.05, 0) is 40.5 Å². The number of carbonyl (C=O) groups excluding carboxylic acids is 2. The van der Waals surface area contributed by atoms with E-state index in [2.05, 4.69) is 18.9 Å². The second kappa shape index (κ2) is 8.31. The maximum Gasteiger partial charge on any atom is 0.410 e. The first-order valence-corrected chi connectivity index (χ1v) is 9.76. The van der Waals surface area contributed by atoms with E-state index < -0.39 is 5.60 Å². The largest absolute Gasteiger partial charge is 0.444 e. The number of amides is 2. The van der Waals surface area contributed by atoms with Crippen molar-refractivity contribution in [2.75, 3.05) is 26.2 Å². The van der Waals surface area contributed by atoms with Crippen LogP contribution in [0, 0.1) is 19.8 Å². The summed E-state index contributed by atoms with van der Waals surface area (Å²) in [6, 6.07) is 0. The highest BCUT2D eigenvalue weighted by Crippen LogP contribution is 2.17. The number of carbonyl (C=O) groups is 2. The second-order valence-corrected chi connectivity index (χ2v) is 8.75. The number of rotatable bonds is 4. The highest BCUT2D eigenvalue weighted by Gasteiger charge is 2.28. The normalized spacial score (nSPS) is 15.4. The molecule has 0 bridgehead atoms. The summed E-state index contributed by atoms with van der Waals surface area (Å²) in [6.07, 6.45) is 0.0543. The van der Waals surface area contributed by atoms with E-state index in [1.54, 1.807) is 4.90 Å². The highest BCUT2D eigenvalue weighted by molar-refractivity contribution is 5.79. The molecule has 1 aliphatic heterocycles. The number of nitrogens with zero attached hydrogens (tertiary/aromatic N) is 4. The molecule has 7 heteroatoms. The summed E-state index contributed by atoms with van der Waals surface area (Å²) in [5, 5.41) is 4.59. The van der Waals surface area contributed by atoms with E-state index in [1.165, 1.54) is 0 Å². The fourth-order valence-electron chi connectivity index (χ4n) is 3.24. The molecule has 2 heterocycles. The molecule has 0 aliphatic carbocycles. The summed E-state index contributed by atoms with van der Waals surface area (Å²) >= 11 is 0. The molecule has 0 aromatic carbocycles. The first kappa shape index (κ1) is 21.3. The van der Waals surface area contributed by atoms with E-state index in [-0.39, 0.29) is 12.0 Å². The molecule has 1 aliphatic rings. The van der Waals surface area contributed by atoms with Crippen molar-refractivity contribution >= 4 is 12.0 Å². The van der Waals surface area contributed by atoms with E-state index in [9.17, 15) is 9.59 Å². The molecule has 7 nitrogen and oxygen atoms in total. The molecular formula is C20H34N4O3. The minimum atomic E-state index is -0.505. The first-order valence-electron chi connectivity index (χ1n) is 9.76. The molecule has 1 saturated heterocycles. The van der Waals surface area contributed by atoms with Crippen LogP contribution in [0.5, 0.6) is 0 Å². The fourth-order valence-corrected chi connectivity index (χ4v) is 3.24.